The summed E-state index contributed by atoms with van der Waals surface area (Å²) in [6.45, 7) is 7.02. The van der Waals surface area contributed by atoms with Gasteiger partial charge in [-0.15, -0.1) is 0 Å². The lowest BCUT2D eigenvalue weighted by Crippen LogP contribution is -2.57. The van der Waals surface area contributed by atoms with Crippen LogP contribution in [-0.4, -0.2) is 81.9 Å². The molecule has 12 atom stereocenters. The molecule has 2 aromatic heterocycles. The van der Waals surface area contributed by atoms with Crippen molar-refractivity contribution in [2.75, 3.05) is 7.11 Å². The summed E-state index contributed by atoms with van der Waals surface area (Å²) < 4.78 is 31.6. The van der Waals surface area contributed by atoms with Crippen molar-refractivity contribution in [1.29, 1.82) is 0 Å². The largest absolute Gasteiger partial charge is 0.457 e. The Labute approximate surface area is 272 Å². The number of carbonyl (C=O) groups is 3. The average Bonchev–Trinajstić information content (AvgIpc) is 3.64. The second-order valence-electron chi connectivity index (χ2n) is 13.2. The maximum atomic E-state index is 13.6. The van der Waals surface area contributed by atoms with Crippen LogP contribution in [0.2, 0.25) is 0 Å². The number of pyridine rings is 1. The molecular weight excluding hydrogens is 608 g/mol. The van der Waals surface area contributed by atoms with Crippen LogP contribution in [0.25, 0.3) is 0 Å². The summed E-state index contributed by atoms with van der Waals surface area (Å²) in [5.41, 5.74) is -0.243. The normalized spacial score (nSPS) is 37.9. The topological polar surface area (TPSA) is 155 Å². The fourth-order valence-corrected chi connectivity index (χ4v) is 8.17. The van der Waals surface area contributed by atoms with Crippen LogP contribution in [0.5, 0.6) is 0 Å². The minimum absolute atomic E-state index is 0.202. The molecule has 6 rings (SSSR count). The minimum Gasteiger partial charge on any atom is -0.457 e. The molecule has 4 bridgehead atoms. The van der Waals surface area contributed by atoms with Crippen molar-refractivity contribution in [3.63, 3.8) is 0 Å². The molecule has 12 nitrogen and oxygen atoms in total. The number of carbonyl (C=O) groups excluding carboxylic acids is 3. The van der Waals surface area contributed by atoms with Gasteiger partial charge in [0.15, 0.2) is 6.10 Å². The van der Waals surface area contributed by atoms with Crippen molar-refractivity contribution >= 4 is 17.9 Å². The Bertz CT molecular complexity index is 1610. The van der Waals surface area contributed by atoms with Gasteiger partial charge in [0.05, 0.1) is 6.10 Å². The number of aromatic nitrogens is 2. The molecule has 2 aromatic rings. The number of ether oxygens (including phenoxy) is 5. The van der Waals surface area contributed by atoms with Crippen LogP contribution >= 0.6 is 0 Å². The predicted molar refractivity (Wildman–Crippen MR) is 167 cm³/mol. The van der Waals surface area contributed by atoms with Gasteiger partial charge >= 0.3 is 17.9 Å². The van der Waals surface area contributed by atoms with E-state index in [1.54, 1.807) is 37.4 Å². The summed E-state index contributed by atoms with van der Waals surface area (Å²) in [5.74, 6) is -3.69. The molecule has 47 heavy (non-hydrogen) atoms. The number of esters is 3. The molecule has 2 aliphatic heterocycles. The highest BCUT2D eigenvalue weighted by atomic mass is 16.6. The third kappa shape index (κ3) is 5.76. The molecule has 2 N–H and O–H groups in total. The van der Waals surface area contributed by atoms with E-state index in [2.05, 4.69) is 4.98 Å². The number of hydrogen-bond donors (Lipinski definition) is 2. The highest BCUT2D eigenvalue weighted by molar-refractivity contribution is 5.87. The van der Waals surface area contributed by atoms with Crippen LogP contribution < -0.4 is 5.56 Å². The number of H-pyrrole nitrogens is 1. The fraction of sp³-hybridized carbons (Fsp3) is 0.543. The summed E-state index contributed by atoms with van der Waals surface area (Å²) >= 11 is 0. The second-order valence-corrected chi connectivity index (χ2v) is 13.2. The van der Waals surface area contributed by atoms with E-state index < -0.39 is 72.0 Å². The van der Waals surface area contributed by atoms with Crippen LogP contribution in [0.4, 0.5) is 0 Å². The number of aliphatic hydroxyl groups excluding tert-OH is 1. The molecule has 12 heteroatoms. The van der Waals surface area contributed by atoms with Crippen LogP contribution in [-0.2, 0) is 39.8 Å². The van der Waals surface area contributed by atoms with E-state index >= 15 is 0 Å². The molecule has 1 spiro atoms. The van der Waals surface area contributed by atoms with Crippen LogP contribution in [0.1, 0.15) is 44.6 Å². The fourth-order valence-electron chi connectivity index (χ4n) is 8.17. The lowest BCUT2D eigenvalue weighted by Gasteiger charge is -2.48. The Morgan fingerprint density at radius 1 is 1.17 bits per heavy atom. The monoisotopic (exact) mass is 650 g/mol. The SMILES string of the molecule is CO[C@H]1C[C@H]2C=C[C@H]3[C@H]4O[C@]2(/C(C)=C/[C@@H](C)[C@@H]([C@@H](C)OC(=O)Cn2ccccc2=O)OC1=O)[C@@H]3[C@H](O)[C@@H](C)[C@H]4OC(=O)c1ccc[nH]1. The smallest absolute Gasteiger partial charge is 0.355 e. The maximum absolute atomic E-state index is 13.6. The highest BCUT2D eigenvalue weighted by Crippen LogP contribution is 2.61. The van der Waals surface area contributed by atoms with Crippen molar-refractivity contribution in [1.82, 2.24) is 9.55 Å². The van der Waals surface area contributed by atoms with Crippen LogP contribution in [0.3, 0.4) is 0 Å². The number of cyclic esters (lactones) is 1. The van der Waals surface area contributed by atoms with Crippen molar-refractivity contribution in [2.24, 2.45) is 29.6 Å². The summed E-state index contributed by atoms with van der Waals surface area (Å²) in [6, 6.07) is 7.92. The Morgan fingerprint density at radius 3 is 2.66 bits per heavy atom. The van der Waals surface area contributed by atoms with Gasteiger partial charge in [0.2, 0.25) is 0 Å². The first-order valence-corrected chi connectivity index (χ1v) is 16.1. The first-order valence-electron chi connectivity index (χ1n) is 16.1. The van der Waals surface area contributed by atoms with Gasteiger partial charge in [-0.05, 0) is 44.0 Å². The predicted octanol–water partition coefficient (Wildman–Crippen LogP) is 2.81. The number of nitrogens with one attached hydrogen (secondary N) is 1. The molecule has 0 amide bonds. The zero-order chi connectivity index (χ0) is 33.6. The molecule has 0 aromatic carbocycles. The zero-order valence-corrected chi connectivity index (χ0v) is 27.1. The van der Waals surface area contributed by atoms with Gasteiger partial charge in [-0.2, -0.15) is 0 Å². The quantitative estimate of drug-likeness (QED) is 0.260. The van der Waals surface area contributed by atoms with E-state index in [1.165, 1.54) is 23.9 Å². The number of aliphatic hydroxyl groups is 1. The molecular formula is C35H42N2O10. The van der Waals surface area contributed by atoms with E-state index in [9.17, 15) is 24.3 Å². The number of methoxy groups -OCH3 is 1. The molecule has 1 saturated carbocycles. The first kappa shape index (κ1) is 32.9. The Balaban J connectivity index is 1.32. The summed E-state index contributed by atoms with van der Waals surface area (Å²) in [7, 11) is 1.43. The molecule has 252 valence electrons. The summed E-state index contributed by atoms with van der Waals surface area (Å²) in [6.07, 6.45) is 4.43. The van der Waals surface area contributed by atoms with Gasteiger partial charge in [-0.25, -0.2) is 9.59 Å². The molecule has 4 heterocycles. The number of rotatable bonds is 7. The molecule has 2 aliphatic carbocycles. The van der Waals surface area contributed by atoms with Crippen LogP contribution in [0, 0.1) is 29.6 Å². The van der Waals surface area contributed by atoms with Gasteiger partial charge in [-0.3, -0.25) is 9.59 Å². The highest BCUT2D eigenvalue weighted by Gasteiger charge is 2.69. The Morgan fingerprint density at radius 2 is 1.96 bits per heavy atom. The van der Waals surface area contributed by atoms with E-state index in [-0.39, 0.29) is 36.3 Å². The molecule has 0 radical (unpaired) electrons. The Hall–Kier alpha value is -4.00. The van der Waals surface area contributed by atoms with Crippen molar-refractivity contribution in [2.45, 2.75) is 82.9 Å². The molecule has 1 saturated heterocycles. The van der Waals surface area contributed by atoms with E-state index in [4.69, 9.17) is 23.7 Å². The molecule has 4 aliphatic rings. The van der Waals surface area contributed by atoms with Gasteiger partial charge < -0.3 is 38.3 Å². The van der Waals surface area contributed by atoms with E-state index in [0.29, 0.717) is 5.69 Å². The standard InChI is InChI=1S/C35H42N2O10/c1-18-15-19(2)35-22(11-12-23-28(35)29(40)20(3)31(32(23)47-35)46-33(41)24-9-8-13-36-24)16-25(43-5)34(42)45-30(18)21(4)44-27(39)17-37-14-7-6-10-26(37)38/h6-15,18,20-23,25,28-32,36,40H,16-17H2,1-5H3/b19-15+/t18-,20-,21-,22-,23-,25+,28+,29-,30+,31-,32-,35+/m1/s1. The van der Waals surface area contributed by atoms with Gasteiger partial charge in [0, 0.05) is 55.2 Å². The van der Waals surface area contributed by atoms with Crippen molar-refractivity contribution in [3.05, 3.63) is 82.6 Å². The minimum atomic E-state index is -1.03. The summed E-state index contributed by atoms with van der Waals surface area (Å²) in [5, 5.41) is 11.9. The van der Waals surface area contributed by atoms with E-state index in [1.807, 2.05) is 39.0 Å². The summed E-state index contributed by atoms with van der Waals surface area (Å²) in [4.78, 5) is 54.5. The number of hydrogen-bond acceptors (Lipinski definition) is 10. The van der Waals surface area contributed by atoms with Crippen molar-refractivity contribution < 1.29 is 43.2 Å². The lowest BCUT2D eigenvalue weighted by molar-refractivity contribution is -0.179. The number of aromatic amines is 1. The lowest BCUT2D eigenvalue weighted by atomic mass is 9.57. The zero-order valence-electron chi connectivity index (χ0n) is 27.1. The Kier molecular flexibility index (Phi) is 9.03. The van der Waals surface area contributed by atoms with Gasteiger partial charge in [0.25, 0.3) is 5.56 Å². The first-order chi connectivity index (χ1) is 22.5. The maximum Gasteiger partial charge on any atom is 0.355 e. The third-order valence-electron chi connectivity index (χ3n) is 10.4. The average molecular weight is 651 g/mol. The van der Waals surface area contributed by atoms with Crippen LogP contribution in [0.15, 0.2) is 71.3 Å². The second kappa shape index (κ2) is 12.9. The third-order valence-corrected chi connectivity index (χ3v) is 10.4. The van der Waals surface area contributed by atoms with Crippen molar-refractivity contribution in [3.8, 4) is 0 Å². The molecule has 0 unspecified atom stereocenters. The van der Waals surface area contributed by atoms with Gasteiger partial charge in [-0.1, -0.05) is 38.1 Å². The van der Waals surface area contributed by atoms with Gasteiger partial charge in [0.1, 0.15) is 42.3 Å². The van der Waals surface area contributed by atoms with E-state index in [0.717, 1.165) is 5.57 Å². The molecule has 2 fully saturated rings. The number of nitrogens with zero attached hydrogens (tertiary/aromatic N) is 1.